The van der Waals surface area contributed by atoms with Crippen molar-refractivity contribution < 1.29 is 14.3 Å². The minimum Gasteiger partial charge on any atom is -0.497 e. The van der Waals surface area contributed by atoms with Gasteiger partial charge >= 0.3 is 0 Å². The van der Waals surface area contributed by atoms with Crippen LogP contribution in [0.25, 0.3) is 10.8 Å². The Balaban J connectivity index is 1.46. The van der Waals surface area contributed by atoms with Gasteiger partial charge in [0, 0.05) is 6.54 Å². The van der Waals surface area contributed by atoms with Gasteiger partial charge in [0.05, 0.1) is 26.2 Å². The number of hydrogen-bond donors (Lipinski definition) is 1. The number of likely N-dealkylation sites (tertiary alicyclic amines) is 1. The van der Waals surface area contributed by atoms with Crippen LogP contribution in [0.3, 0.4) is 0 Å². The lowest BCUT2D eigenvalue weighted by atomic mass is 9.96. The summed E-state index contributed by atoms with van der Waals surface area (Å²) in [6.45, 7) is 4.70. The highest BCUT2D eigenvalue weighted by atomic mass is 16.5. The number of benzene rings is 3. The lowest BCUT2D eigenvalue weighted by Gasteiger charge is -2.29. The van der Waals surface area contributed by atoms with E-state index in [-0.39, 0.29) is 17.9 Å². The molecule has 0 aliphatic carbocycles. The third-order valence-corrected chi connectivity index (χ3v) is 6.52. The van der Waals surface area contributed by atoms with Crippen molar-refractivity contribution in [3.05, 3.63) is 71.8 Å². The van der Waals surface area contributed by atoms with Crippen LogP contribution in [0.4, 0.5) is 0 Å². The molecular formula is C27H32N2O3. The monoisotopic (exact) mass is 432 g/mol. The van der Waals surface area contributed by atoms with Crippen LogP contribution in [0.5, 0.6) is 11.5 Å². The standard InChI is InChI=1S/C27H32N2O3/c1-19(21-6-7-23-17-25(32-3)13-10-22(23)16-21)27(30)28-18-26(29-14-4-5-15-29)20-8-11-24(31-2)12-9-20/h6-13,16-17,19,26H,4-5,14-15,18H2,1-3H3,(H,28,30)/t19-,26+/m1/s1. The van der Waals surface area contributed by atoms with Crippen molar-refractivity contribution >= 4 is 16.7 Å². The molecule has 0 saturated carbocycles. The maximum absolute atomic E-state index is 13.1. The van der Waals surface area contributed by atoms with Gasteiger partial charge in [-0.2, -0.15) is 0 Å². The second-order valence-electron chi connectivity index (χ2n) is 8.47. The molecular weight excluding hydrogens is 400 g/mol. The lowest BCUT2D eigenvalue weighted by molar-refractivity contribution is -0.122. The van der Waals surface area contributed by atoms with E-state index in [1.165, 1.54) is 18.4 Å². The molecule has 1 N–H and O–H groups in total. The van der Waals surface area contributed by atoms with E-state index in [1.54, 1.807) is 14.2 Å². The molecule has 1 aliphatic rings. The summed E-state index contributed by atoms with van der Waals surface area (Å²) < 4.78 is 10.6. The molecule has 0 aromatic heterocycles. The average molecular weight is 433 g/mol. The number of ether oxygens (including phenoxy) is 2. The summed E-state index contributed by atoms with van der Waals surface area (Å²) in [6, 6.07) is 20.6. The van der Waals surface area contributed by atoms with Gasteiger partial charge in [-0.1, -0.05) is 36.4 Å². The zero-order valence-corrected chi connectivity index (χ0v) is 19.1. The smallest absolute Gasteiger partial charge is 0.227 e. The van der Waals surface area contributed by atoms with Crippen LogP contribution in [-0.2, 0) is 4.79 Å². The molecule has 0 spiro atoms. The van der Waals surface area contributed by atoms with E-state index in [0.29, 0.717) is 6.54 Å². The highest BCUT2D eigenvalue weighted by molar-refractivity contribution is 5.88. The Labute approximate surface area is 190 Å². The van der Waals surface area contributed by atoms with Crippen LogP contribution in [0.2, 0.25) is 0 Å². The Morgan fingerprint density at radius 3 is 2.16 bits per heavy atom. The molecule has 2 atom stereocenters. The topological polar surface area (TPSA) is 50.8 Å². The fraction of sp³-hybridized carbons (Fsp3) is 0.370. The van der Waals surface area contributed by atoms with E-state index in [9.17, 15) is 4.79 Å². The molecule has 1 saturated heterocycles. The van der Waals surface area contributed by atoms with Crippen LogP contribution < -0.4 is 14.8 Å². The van der Waals surface area contributed by atoms with Crippen molar-refractivity contribution in [3.63, 3.8) is 0 Å². The van der Waals surface area contributed by atoms with E-state index in [2.05, 4.69) is 34.5 Å². The molecule has 3 aromatic carbocycles. The van der Waals surface area contributed by atoms with Gasteiger partial charge in [0.2, 0.25) is 5.91 Å². The van der Waals surface area contributed by atoms with Crippen molar-refractivity contribution in [2.24, 2.45) is 0 Å². The average Bonchev–Trinajstić information content (AvgIpc) is 3.38. The van der Waals surface area contributed by atoms with Crippen molar-refractivity contribution in [1.82, 2.24) is 10.2 Å². The third kappa shape index (κ3) is 4.89. The van der Waals surface area contributed by atoms with Crippen LogP contribution in [0, 0.1) is 0 Å². The molecule has 1 heterocycles. The number of methoxy groups -OCH3 is 2. The fourth-order valence-corrected chi connectivity index (χ4v) is 4.48. The normalized spacial score (nSPS) is 16.0. The quantitative estimate of drug-likeness (QED) is 0.549. The van der Waals surface area contributed by atoms with Crippen molar-refractivity contribution in [2.75, 3.05) is 33.9 Å². The first kappa shape index (κ1) is 22.2. The number of fused-ring (bicyclic) bond motifs is 1. The summed E-state index contributed by atoms with van der Waals surface area (Å²) in [5.41, 5.74) is 2.22. The summed E-state index contributed by atoms with van der Waals surface area (Å²) in [5, 5.41) is 5.43. The third-order valence-electron chi connectivity index (χ3n) is 6.52. The Hall–Kier alpha value is -3.05. The van der Waals surface area contributed by atoms with E-state index >= 15 is 0 Å². The molecule has 4 rings (SSSR count). The number of amides is 1. The largest absolute Gasteiger partial charge is 0.497 e. The highest BCUT2D eigenvalue weighted by Crippen LogP contribution is 2.28. The summed E-state index contributed by atoms with van der Waals surface area (Å²) in [5.74, 6) is 1.51. The van der Waals surface area contributed by atoms with E-state index in [4.69, 9.17) is 9.47 Å². The molecule has 5 heteroatoms. The molecule has 1 aliphatic heterocycles. The van der Waals surface area contributed by atoms with Gasteiger partial charge in [-0.3, -0.25) is 9.69 Å². The number of carbonyl (C=O) groups excluding carboxylic acids is 1. The van der Waals surface area contributed by atoms with Gasteiger partial charge in [-0.25, -0.2) is 0 Å². The molecule has 5 nitrogen and oxygen atoms in total. The van der Waals surface area contributed by atoms with E-state index in [1.807, 2.05) is 43.3 Å². The van der Waals surface area contributed by atoms with E-state index in [0.717, 1.165) is 40.9 Å². The minimum absolute atomic E-state index is 0.0515. The minimum atomic E-state index is -0.225. The summed E-state index contributed by atoms with van der Waals surface area (Å²) in [6.07, 6.45) is 2.41. The fourth-order valence-electron chi connectivity index (χ4n) is 4.48. The second kappa shape index (κ2) is 10.0. The number of rotatable bonds is 8. The SMILES string of the molecule is COc1ccc([C@H](CNC(=O)[C@H](C)c2ccc3cc(OC)ccc3c2)N2CCCC2)cc1. The Morgan fingerprint density at radius 2 is 1.47 bits per heavy atom. The van der Waals surface area contributed by atoms with Gasteiger partial charge in [0.15, 0.2) is 0 Å². The Bertz CT molecular complexity index is 1060. The van der Waals surface area contributed by atoms with Gasteiger partial charge in [0.1, 0.15) is 11.5 Å². The van der Waals surface area contributed by atoms with Crippen LogP contribution in [-0.4, -0.2) is 44.7 Å². The molecule has 32 heavy (non-hydrogen) atoms. The van der Waals surface area contributed by atoms with Crippen LogP contribution in [0.15, 0.2) is 60.7 Å². The number of nitrogens with one attached hydrogen (secondary N) is 1. The Kier molecular flexibility index (Phi) is 6.96. The van der Waals surface area contributed by atoms with Gasteiger partial charge < -0.3 is 14.8 Å². The highest BCUT2D eigenvalue weighted by Gasteiger charge is 2.25. The zero-order valence-electron chi connectivity index (χ0n) is 19.1. The van der Waals surface area contributed by atoms with E-state index < -0.39 is 0 Å². The first-order chi connectivity index (χ1) is 15.6. The molecule has 0 bridgehead atoms. The molecule has 0 radical (unpaired) electrons. The van der Waals surface area contributed by atoms with Crippen LogP contribution in [0.1, 0.15) is 42.9 Å². The van der Waals surface area contributed by atoms with Crippen LogP contribution >= 0.6 is 0 Å². The van der Waals surface area contributed by atoms with Crippen molar-refractivity contribution in [1.29, 1.82) is 0 Å². The van der Waals surface area contributed by atoms with Crippen molar-refractivity contribution in [3.8, 4) is 11.5 Å². The first-order valence-electron chi connectivity index (χ1n) is 11.3. The second-order valence-corrected chi connectivity index (χ2v) is 8.47. The molecule has 3 aromatic rings. The predicted octanol–water partition coefficient (Wildman–Crippen LogP) is 4.91. The Morgan fingerprint density at radius 1 is 0.875 bits per heavy atom. The number of carbonyl (C=O) groups is 1. The molecule has 0 unspecified atom stereocenters. The summed E-state index contributed by atoms with van der Waals surface area (Å²) in [4.78, 5) is 15.5. The van der Waals surface area contributed by atoms with Gasteiger partial charge in [-0.05, 0) is 79.0 Å². The molecule has 1 fully saturated rings. The van der Waals surface area contributed by atoms with Gasteiger partial charge in [0.25, 0.3) is 0 Å². The maximum atomic E-state index is 13.1. The first-order valence-corrected chi connectivity index (χ1v) is 11.3. The summed E-state index contributed by atoms with van der Waals surface area (Å²) >= 11 is 0. The molecule has 168 valence electrons. The number of nitrogens with zero attached hydrogens (tertiary/aromatic N) is 1. The molecule has 1 amide bonds. The zero-order chi connectivity index (χ0) is 22.5. The van der Waals surface area contributed by atoms with Crippen molar-refractivity contribution in [2.45, 2.75) is 31.7 Å². The number of hydrogen-bond acceptors (Lipinski definition) is 4. The lowest BCUT2D eigenvalue weighted by Crippen LogP contribution is -2.38. The predicted molar refractivity (Wildman–Crippen MR) is 128 cm³/mol. The van der Waals surface area contributed by atoms with Gasteiger partial charge in [-0.15, -0.1) is 0 Å². The summed E-state index contributed by atoms with van der Waals surface area (Å²) in [7, 11) is 3.35. The maximum Gasteiger partial charge on any atom is 0.227 e.